The van der Waals surface area contributed by atoms with Gasteiger partial charge in [-0.2, -0.15) is 0 Å². The van der Waals surface area contributed by atoms with E-state index in [-0.39, 0.29) is 5.41 Å². The van der Waals surface area contributed by atoms with Crippen molar-refractivity contribution in [3.8, 4) is 0 Å². The van der Waals surface area contributed by atoms with Crippen LogP contribution in [0.5, 0.6) is 0 Å². The summed E-state index contributed by atoms with van der Waals surface area (Å²) >= 11 is 0. The molecule has 4 rings (SSSR count). The topological polar surface area (TPSA) is 40.0 Å². The molecule has 0 aromatic rings. The fourth-order valence-electron chi connectivity index (χ4n) is 9.33. The Labute approximate surface area is 212 Å². The Morgan fingerprint density at radius 1 is 0.794 bits per heavy atom. The summed E-state index contributed by atoms with van der Waals surface area (Å²) in [6, 6.07) is 0. The minimum Gasteiger partial charge on any atom is -0.415 e. The van der Waals surface area contributed by atoms with E-state index in [0.717, 1.165) is 29.4 Å². The molecular formula is C28H53NO3Si2. The maximum Gasteiger partial charge on any atom is 0.184 e. The smallest absolute Gasteiger partial charge is 0.184 e. The second kappa shape index (κ2) is 9.29. The van der Waals surface area contributed by atoms with Gasteiger partial charge in [0, 0.05) is 12.0 Å². The normalized spacial score (nSPS) is 45.4. The average molecular weight is 508 g/mol. The van der Waals surface area contributed by atoms with Gasteiger partial charge in [0.2, 0.25) is 0 Å². The lowest BCUT2D eigenvalue weighted by Crippen LogP contribution is -2.55. The minimum absolute atomic E-state index is 0.277. The second-order valence-electron chi connectivity index (χ2n) is 14.7. The van der Waals surface area contributed by atoms with Crippen molar-refractivity contribution in [2.45, 2.75) is 124 Å². The fourth-order valence-corrected chi connectivity index (χ4v) is 11.7. The quantitative estimate of drug-likeness (QED) is 0.210. The molecule has 0 heterocycles. The third kappa shape index (κ3) is 4.99. The van der Waals surface area contributed by atoms with Gasteiger partial charge in [0.1, 0.15) is 7.11 Å². The predicted molar refractivity (Wildman–Crippen MR) is 147 cm³/mol. The molecule has 0 N–H and O–H groups in total. The zero-order valence-corrected chi connectivity index (χ0v) is 25.9. The highest BCUT2D eigenvalue weighted by Crippen LogP contribution is 2.68. The first kappa shape index (κ1) is 26.9. The van der Waals surface area contributed by atoms with Gasteiger partial charge in [0.15, 0.2) is 16.6 Å². The van der Waals surface area contributed by atoms with E-state index >= 15 is 0 Å². The fraction of sp³-hybridized carbons (Fsp3) is 0.964. The van der Waals surface area contributed by atoms with Gasteiger partial charge in [-0.3, -0.25) is 0 Å². The zero-order chi connectivity index (χ0) is 25.1. The summed E-state index contributed by atoms with van der Waals surface area (Å²) < 4.78 is 13.5. The lowest BCUT2D eigenvalue weighted by Gasteiger charge is -2.61. The van der Waals surface area contributed by atoms with E-state index in [1.54, 1.807) is 7.11 Å². The molecule has 0 aromatic carbocycles. The van der Waals surface area contributed by atoms with Gasteiger partial charge in [-0.25, -0.2) is 0 Å². The standard InChI is InChI=1S/C28H53NO3Si2/c1-19(29-30-4)26-25(32-34(8,9)10)18-24-22-12-11-20-17-21(31-33(5,6)7)13-15-27(20,2)23(22)14-16-28(24,26)3/h20-26H,11-18H2,1-10H3/b29-19+/t20-,21-,22?,23?,24?,25-,26?,27?,28?/m1/s1. The molecule has 0 amide bonds. The van der Waals surface area contributed by atoms with Crippen LogP contribution in [-0.2, 0) is 13.7 Å². The Balaban J connectivity index is 1.58. The largest absolute Gasteiger partial charge is 0.415 e. The lowest BCUT2D eigenvalue weighted by molar-refractivity contribution is -0.121. The van der Waals surface area contributed by atoms with Crippen LogP contribution in [0.3, 0.4) is 0 Å². The molecule has 196 valence electrons. The molecule has 6 heteroatoms. The van der Waals surface area contributed by atoms with Gasteiger partial charge in [-0.15, -0.1) is 0 Å². The first-order valence-electron chi connectivity index (χ1n) is 14.1. The minimum atomic E-state index is -1.65. The molecule has 34 heavy (non-hydrogen) atoms. The van der Waals surface area contributed by atoms with Crippen LogP contribution in [0, 0.1) is 40.4 Å². The molecule has 0 bridgehead atoms. The van der Waals surface area contributed by atoms with E-state index < -0.39 is 16.6 Å². The first-order valence-corrected chi connectivity index (χ1v) is 20.9. The van der Waals surface area contributed by atoms with Crippen molar-refractivity contribution < 1.29 is 13.7 Å². The van der Waals surface area contributed by atoms with Crippen LogP contribution in [-0.4, -0.2) is 41.7 Å². The molecule has 4 fully saturated rings. The van der Waals surface area contributed by atoms with Crippen LogP contribution in [0.15, 0.2) is 5.16 Å². The molecule has 0 spiro atoms. The molecule has 0 saturated heterocycles. The molecule has 0 radical (unpaired) electrons. The van der Waals surface area contributed by atoms with Crippen LogP contribution in [0.4, 0.5) is 0 Å². The van der Waals surface area contributed by atoms with Crippen LogP contribution >= 0.6 is 0 Å². The summed E-state index contributed by atoms with van der Waals surface area (Å²) in [7, 11) is -1.43. The molecule has 9 atom stereocenters. The Kier molecular flexibility index (Phi) is 7.34. The third-order valence-corrected chi connectivity index (χ3v) is 12.4. The van der Waals surface area contributed by atoms with E-state index in [1.807, 2.05) is 0 Å². The molecule has 0 aliphatic heterocycles. The maximum atomic E-state index is 6.90. The van der Waals surface area contributed by atoms with E-state index in [9.17, 15) is 0 Å². The number of fused-ring (bicyclic) bond motifs is 5. The van der Waals surface area contributed by atoms with Gasteiger partial charge in [-0.1, -0.05) is 19.0 Å². The Bertz CT molecular complexity index is 775. The number of hydrogen-bond donors (Lipinski definition) is 0. The molecule has 0 aromatic heterocycles. The van der Waals surface area contributed by atoms with E-state index in [4.69, 9.17) is 13.7 Å². The molecule has 4 aliphatic rings. The SMILES string of the molecule is CO/N=C(\C)C1[C@H](O[Si](C)(C)C)CC2C3CC[C@@H]4C[C@H](O[Si](C)(C)C)CCC4(C)C3CCC21C. The molecule has 4 aliphatic carbocycles. The van der Waals surface area contributed by atoms with E-state index in [2.05, 4.69) is 65.2 Å². The summed E-state index contributed by atoms with van der Waals surface area (Å²) in [5, 5.41) is 4.49. The molecule has 4 nitrogen and oxygen atoms in total. The Morgan fingerprint density at radius 2 is 1.44 bits per heavy atom. The highest BCUT2D eigenvalue weighted by Gasteiger charge is 2.63. The molecular weight excluding hydrogens is 454 g/mol. The highest BCUT2D eigenvalue weighted by molar-refractivity contribution is 6.70. The van der Waals surface area contributed by atoms with Gasteiger partial charge in [-0.05, 0) is 132 Å². The van der Waals surface area contributed by atoms with Crippen molar-refractivity contribution in [3.05, 3.63) is 0 Å². The Hall–Kier alpha value is -0.176. The van der Waals surface area contributed by atoms with E-state index in [0.29, 0.717) is 23.5 Å². The van der Waals surface area contributed by atoms with Crippen LogP contribution in [0.2, 0.25) is 39.3 Å². The van der Waals surface area contributed by atoms with Crippen LogP contribution in [0.1, 0.15) is 72.1 Å². The van der Waals surface area contributed by atoms with Crippen molar-refractivity contribution in [1.82, 2.24) is 0 Å². The van der Waals surface area contributed by atoms with Crippen LogP contribution in [0.25, 0.3) is 0 Å². The lowest BCUT2D eigenvalue weighted by atomic mass is 9.44. The summed E-state index contributed by atoms with van der Waals surface area (Å²) in [5.41, 5.74) is 1.92. The summed E-state index contributed by atoms with van der Waals surface area (Å²) in [6.45, 7) is 21.5. The summed E-state index contributed by atoms with van der Waals surface area (Å²) in [4.78, 5) is 5.29. The van der Waals surface area contributed by atoms with Gasteiger partial charge < -0.3 is 13.7 Å². The third-order valence-electron chi connectivity index (χ3n) is 10.3. The van der Waals surface area contributed by atoms with Crippen molar-refractivity contribution in [2.75, 3.05) is 7.11 Å². The van der Waals surface area contributed by atoms with Crippen molar-refractivity contribution in [1.29, 1.82) is 0 Å². The summed E-state index contributed by atoms with van der Waals surface area (Å²) in [6.07, 6.45) is 11.4. The van der Waals surface area contributed by atoms with Gasteiger partial charge >= 0.3 is 0 Å². The summed E-state index contributed by atoms with van der Waals surface area (Å²) in [5.74, 6) is 3.67. The Morgan fingerprint density at radius 3 is 2.06 bits per heavy atom. The first-order chi connectivity index (χ1) is 15.7. The number of nitrogens with zero attached hydrogens (tertiary/aromatic N) is 1. The monoisotopic (exact) mass is 507 g/mol. The molecule has 4 saturated carbocycles. The van der Waals surface area contributed by atoms with E-state index in [1.165, 1.54) is 51.4 Å². The highest BCUT2D eigenvalue weighted by atomic mass is 28.4. The predicted octanol–water partition coefficient (Wildman–Crippen LogP) is 7.72. The van der Waals surface area contributed by atoms with Crippen molar-refractivity contribution in [2.24, 2.45) is 45.6 Å². The van der Waals surface area contributed by atoms with Gasteiger partial charge in [0.25, 0.3) is 0 Å². The van der Waals surface area contributed by atoms with Crippen molar-refractivity contribution >= 4 is 22.3 Å². The van der Waals surface area contributed by atoms with Gasteiger partial charge in [0.05, 0.1) is 11.8 Å². The molecule has 6 unspecified atom stereocenters. The zero-order valence-electron chi connectivity index (χ0n) is 23.9. The van der Waals surface area contributed by atoms with Crippen molar-refractivity contribution in [3.63, 3.8) is 0 Å². The maximum absolute atomic E-state index is 6.90. The number of hydrogen-bond acceptors (Lipinski definition) is 4. The number of rotatable bonds is 6. The number of oxime groups is 1. The average Bonchev–Trinajstić information content (AvgIpc) is 2.97. The van der Waals surface area contributed by atoms with Crippen LogP contribution < -0.4 is 0 Å². The second-order valence-corrected chi connectivity index (χ2v) is 23.6.